The maximum Gasteiger partial charge on any atom is 0.409 e. The monoisotopic (exact) mass is 532 g/mol. The molecule has 30 heavy (non-hydrogen) atoms. The Balaban J connectivity index is 0.00000450. The van der Waals surface area contributed by atoms with Gasteiger partial charge < -0.3 is 25.0 Å². The van der Waals surface area contributed by atoms with Crippen LogP contribution in [0.15, 0.2) is 29.3 Å². The fraction of sp³-hybridized carbons (Fsp3) is 0.636. The summed E-state index contributed by atoms with van der Waals surface area (Å²) < 4.78 is 10.8. The highest BCUT2D eigenvalue weighted by atomic mass is 127. The van der Waals surface area contributed by atoms with Crippen LogP contribution in [0.2, 0.25) is 0 Å². The van der Waals surface area contributed by atoms with Gasteiger partial charge in [-0.05, 0) is 64.7 Å². The number of benzene rings is 1. The number of likely N-dealkylation sites (tertiary alicyclic amines) is 1. The molecule has 2 rings (SSSR count). The van der Waals surface area contributed by atoms with Crippen LogP contribution in [0.5, 0.6) is 5.75 Å². The topological polar surface area (TPSA) is 75.2 Å². The lowest BCUT2D eigenvalue weighted by Crippen LogP contribution is -2.50. The van der Waals surface area contributed by atoms with E-state index < -0.39 is 0 Å². The Morgan fingerprint density at radius 1 is 1.20 bits per heavy atom. The first-order valence-corrected chi connectivity index (χ1v) is 10.7. The molecule has 2 N–H and O–H groups in total. The number of carbonyl (C=O) groups excluding carboxylic acids is 1. The largest absolute Gasteiger partial charge is 0.491 e. The van der Waals surface area contributed by atoms with Crippen LogP contribution < -0.4 is 15.4 Å². The number of carbonyl (C=O) groups is 1. The molecule has 0 spiro atoms. The van der Waals surface area contributed by atoms with Gasteiger partial charge in [0, 0.05) is 32.2 Å². The number of piperidine rings is 1. The summed E-state index contributed by atoms with van der Waals surface area (Å²) in [7, 11) is 0. The normalized spacial score (nSPS) is 14.8. The SMILES string of the molecule is CCNC(=NCCc1ccc(OC(C)C)cc1)NC1CCN(C(=O)OCC)CC1.I. The van der Waals surface area contributed by atoms with Gasteiger partial charge >= 0.3 is 6.09 Å². The number of nitrogens with zero attached hydrogens (tertiary/aromatic N) is 2. The highest BCUT2D eigenvalue weighted by Gasteiger charge is 2.23. The minimum absolute atomic E-state index is 0. The third kappa shape index (κ3) is 9.40. The van der Waals surface area contributed by atoms with Crippen molar-refractivity contribution in [3.63, 3.8) is 0 Å². The Morgan fingerprint density at radius 3 is 2.43 bits per heavy atom. The quantitative estimate of drug-likeness (QED) is 0.303. The molecule has 0 atom stereocenters. The minimum atomic E-state index is -0.212. The van der Waals surface area contributed by atoms with Crippen molar-refractivity contribution in [1.29, 1.82) is 0 Å². The molecule has 1 heterocycles. The van der Waals surface area contributed by atoms with Gasteiger partial charge in [-0.25, -0.2) is 4.79 Å². The summed E-state index contributed by atoms with van der Waals surface area (Å²) >= 11 is 0. The molecule has 0 radical (unpaired) electrons. The van der Waals surface area contributed by atoms with E-state index in [0.717, 1.165) is 37.5 Å². The maximum absolute atomic E-state index is 11.8. The van der Waals surface area contributed by atoms with Crippen LogP contribution >= 0.6 is 24.0 Å². The lowest BCUT2D eigenvalue weighted by molar-refractivity contribution is 0.0963. The van der Waals surface area contributed by atoms with Crippen molar-refractivity contribution in [2.24, 2.45) is 4.99 Å². The average Bonchev–Trinajstić information content (AvgIpc) is 2.70. The molecule has 0 unspecified atom stereocenters. The second kappa shape index (κ2) is 14.3. The van der Waals surface area contributed by atoms with Crippen molar-refractivity contribution < 1.29 is 14.3 Å². The van der Waals surface area contributed by atoms with Crippen molar-refractivity contribution in [2.75, 3.05) is 32.8 Å². The number of hydrogen-bond donors (Lipinski definition) is 2. The summed E-state index contributed by atoms with van der Waals surface area (Å²) in [5, 5.41) is 6.82. The molecule has 1 aromatic carbocycles. The average molecular weight is 532 g/mol. The van der Waals surface area contributed by atoms with Crippen LogP contribution in [0.3, 0.4) is 0 Å². The van der Waals surface area contributed by atoms with Crippen molar-refractivity contribution in [2.45, 2.75) is 59.1 Å². The Morgan fingerprint density at radius 2 is 1.87 bits per heavy atom. The number of amides is 1. The van der Waals surface area contributed by atoms with Crippen LogP contribution in [-0.4, -0.2) is 61.9 Å². The van der Waals surface area contributed by atoms with Gasteiger partial charge in [0.05, 0.1) is 12.7 Å². The molecule has 1 amide bonds. The summed E-state index contributed by atoms with van der Waals surface area (Å²) in [5.74, 6) is 1.73. The number of aliphatic imine (C=N–C) groups is 1. The van der Waals surface area contributed by atoms with Gasteiger partial charge in [0.15, 0.2) is 5.96 Å². The standard InChI is InChI=1S/C22H36N4O3.HI/c1-5-23-21(25-19-12-15-26(16-13-19)22(27)28-6-2)24-14-11-18-7-9-20(10-8-18)29-17(3)4;/h7-10,17,19H,5-6,11-16H2,1-4H3,(H2,23,24,25);1H. The van der Waals surface area contributed by atoms with Crippen molar-refractivity contribution in [1.82, 2.24) is 15.5 Å². The van der Waals surface area contributed by atoms with Crippen LogP contribution in [0.1, 0.15) is 46.1 Å². The number of nitrogens with one attached hydrogen (secondary N) is 2. The molecule has 0 aromatic heterocycles. The van der Waals surface area contributed by atoms with Gasteiger partial charge in [-0.2, -0.15) is 0 Å². The van der Waals surface area contributed by atoms with Crippen molar-refractivity contribution in [3.05, 3.63) is 29.8 Å². The van der Waals surface area contributed by atoms with E-state index in [2.05, 4.69) is 29.7 Å². The second-order valence-electron chi connectivity index (χ2n) is 7.43. The molecular weight excluding hydrogens is 495 g/mol. The van der Waals surface area contributed by atoms with Gasteiger partial charge in [-0.1, -0.05) is 12.1 Å². The molecule has 1 aliphatic rings. The van der Waals surface area contributed by atoms with Crippen molar-refractivity contribution >= 4 is 36.0 Å². The van der Waals surface area contributed by atoms with E-state index in [1.54, 1.807) is 4.90 Å². The molecule has 1 aromatic rings. The predicted molar refractivity (Wildman–Crippen MR) is 132 cm³/mol. The fourth-order valence-electron chi connectivity index (χ4n) is 3.24. The van der Waals surface area contributed by atoms with Crippen LogP contribution in [0, 0.1) is 0 Å². The molecule has 8 heteroatoms. The first-order valence-electron chi connectivity index (χ1n) is 10.7. The van der Waals surface area contributed by atoms with Gasteiger partial charge in [0.1, 0.15) is 5.75 Å². The Hall–Kier alpha value is -1.71. The summed E-state index contributed by atoms with van der Waals surface area (Å²) in [5.41, 5.74) is 1.24. The third-order valence-corrected chi connectivity index (χ3v) is 4.67. The van der Waals surface area contributed by atoms with Crippen LogP contribution in [0.4, 0.5) is 4.79 Å². The third-order valence-electron chi connectivity index (χ3n) is 4.67. The lowest BCUT2D eigenvalue weighted by Gasteiger charge is -2.32. The molecule has 7 nitrogen and oxygen atoms in total. The van der Waals surface area contributed by atoms with Gasteiger partial charge in [-0.15, -0.1) is 24.0 Å². The summed E-state index contributed by atoms with van der Waals surface area (Å²) in [6, 6.07) is 8.53. The Bertz CT molecular complexity index is 644. The van der Waals surface area contributed by atoms with E-state index in [9.17, 15) is 4.79 Å². The number of halogens is 1. The predicted octanol–water partition coefficient (Wildman–Crippen LogP) is 3.81. The van der Waals surface area contributed by atoms with Gasteiger partial charge in [0.25, 0.3) is 0 Å². The zero-order chi connectivity index (χ0) is 21.1. The zero-order valence-corrected chi connectivity index (χ0v) is 21.0. The van der Waals surface area contributed by atoms with Crippen LogP contribution in [0.25, 0.3) is 0 Å². The Kier molecular flexibility index (Phi) is 12.6. The first-order chi connectivity index (χ1) is 14.0. The van der Waals surface area contributed by atoms with Gasteiger partial charge in [-0.3, -0.25) is 4.99 Å². The summed E-state index contributed by atoms with van der Waals surface area (Å²) in [6.07, 6.45) is 2.63. The molecule has 1 saturated heterocycles. The molecule has 0 saturated carbocycles. The maximum atomic E-state index is 11.8. The lowest BCUT2D eigenvalue weighted by atomic mass is 10.1. The van der Waals surface area contributed by atoms with E-state index in [1.165, 1.54) is 5.56 Å². The summed E-state index contributed by atoms with van der Waals surface area (Å²) in [4.78, 5) is 18.3. The van der Waals surface area contributed by atoms with Crippen LogP contribution in [-0.2, 0) is 11.2 Å². The summed E-state index contributed by atoms with van der Waals surface area (Å²) in [6.45, 7) is 11.3. The number of guanidine groups is 1. The molecule has 0 aliphatic carbocycles. The molecule has 0 bridgehead atoms. The van der Waals surface area contributed by atoms with E-state index in [-0.39, 0.29) is 36.2 Å². The molecule has 170 valence electrons. The van der Waals surface area contributed by atoms with Crippen molar-refractivity contribution in [3.8, 4) is 5.75 Å². The number of ether oxygens (including phenoxy) is 2. The zero-order valence-electron chi connectivity index (χ0n) is 18.6. The second-order valence-corrected chi connectivity index (χ2v) is 7.43. The smallest absolute Gasteiger partial charge is 0.409 e. The number of rotatable bonds is 8. The van der Waals surface area contributed by atoms with E-state index >= 15 is 0 Å². The number of hydrogen-bond acceptors (Lipinski definition) is 4. The minimum Gasteiger partial charge on any atom is -0.491 e. The highest BCUT2D eigenvalue weighted by Crippen LogP contribution is 2.14. The van der Waals surface area contributed by atoms with E-state index in [4.69, 9.17) is 14.5 Å². The Labute approximate surface area is 198 Å². The van der Waals surface area contributed by atoms with E-state index in [0.29, 0.717) is 32.3 Å². The molecule has 1 aliphatic heterocycles. The first kappa shape index (κ1) is 26.3. The van der Waals surface area contributed by atoms with Gasteiger partial charge in [0.2, 0.25) is 0 Å². The fourth-order valence-corrected chi connectivity index (χ4v) is 3.24. The molecule has 1 fully saturated rings. The molecular formula is C22H37IN4O3. The van der Waals surface area contributed by atoms with E-state index in [1.807, 2.05) is 32.9 Å². The highest BCUT2D eigenvalue weighted by molar-refractivity contribution is 14.0.